The first-order chi connectivity index (χ1) is 12.7. The molecule has 0 bridgehead atoms. The van der Waals surface area contributed by atoms with Crippen molar-refractivity contribution in [1.29, 1.82) is 5.26 Å². The van der Waals surface area contributed by atoms with Gasteiger partial charge in [-0.2, -0.15) is 10.4 Å². The molecule has 2 aliphatic heterocycles. The maximum Gasteiger partial charge on any atom is 0.225 e. The van der Waals surface area contributed by atoms with Crippen molar-refractivity contribution in [2.45, 2.75) is 31.6 Å². The first kappa shape index (κ1) is 16.1. The van der Waals surface area contributed by atoms with E-state index in [4.69, 9.17) is 0 Å². The number of carbonyl (C=O) groups is 1. The van der Waals surface area contributed by atoms with E-state index in [1.807, 2.05) is 4.90 Å². The maximum atomic E-state index is 12.8. The van der Waals surface area contributed by atoms with Gasteiger partial charge in [-0.1, -0.05) is 0 Å². The van der Waals surface area contributed by atoms with E-state index in [0.29, 0.717) is 11.8 Å². The van der Waals surface area contributed by atoms with Gasteiger partial charge in [0.2, 0.25) is 5.91 Å². The largest absolute Gasteiger partial charge is 0.352 e. The maximum absolute atomic E-state index is 12.8. The van der Waals surface area contributed by atoms with Crippen molar-refractivity contribution < 1.29 is 4.79 Å². The summed E-state index contributed by atoms with van der Waals surface area (Å²) in [5.41, 5.74) is 1.32. The number of carbonyl (C=O) groups excluding carboxylic acids is 1. The van der Waals surface area contributed by atoms with Crippen molar-refractivity contribution >= 4 is 11.7 Å². The van der Waals surface area contributed by atoms with Gasteiger partial charge in [-0.25, -0.2) is 0 Å². The van der Waals surface area contributed by atoms with Crippen LogP contribution in [0.15, 0.2) is 6.07 Å². The number of anilines is 1. The summed E-state index contributed by atoms with van der Waals surface area (Å²) in [5, 5.41) is 20.3. The molecule has 1 amide bonds. The molecule has 2 aliphatic carbocycles. The Kier molecular flexibility index (Phi) is 3.71. The van der Waals surface area contributed by atoms with Crippen LogP contribution in [0, 0.1) is 28.6 Å². The number of H-pyrrole nitrogens is 1. The Morgan fingerprint density at radius 1 is 1.27 bits per heavy atom. The third-order valence-corrected chi connectivity index (χ3v) is 6.89. The van der Waals surface area contributed by atoms with E-state index in [-0.39, 0.29) is 17.3 Å². The Balaban J connectivity index is 1.15. The minimum absolute atomic E-state index is 0.0607. The van der Waals surface area contributed by atoms with Gasteiger partial charge in [-0.3, -0.25) is 9.89 Å². The van der Waals surface area contributed by atoms with Gasteiger partial charge in [-0.15, -0.1) is 0 Å². The standard InChI is InChI=1S/C19H26N6O/c20-10-15-11-21-12-19(15)8-14(9-19)18(26)25-5-3-24(4-6-25)17-7-16(22-23-17)13-1-2-13/h7,13-15,21H,1-6,8-9,11-12H2,(H,22,23). The highest BCUT2D eigenvalue weighted by atomic mass is 16.2. The van der Waals surface area contributed by atoms with Crippen LogP contribution in [0.3, 0.4) is 0 Å². The minimum Gasteiger partial charge on any atom is -0.352 e. The molecule has 2 saturated heterocycles. The quantitative estimate of drug-likeness (QED) is 0.848. The van der Waals surface area contributed by atoms with Crippen LogP contribution in [0.4, 0.5) is 5.82 Å². The molecule has 3 heterocycles. The second kappa shape index (κ2) is 5.98. The van der Waals surface area contributed by atoms with Crippen LogP contribution in [-0.4, -0.2) is 60.3 Å². The topological polar surface area (TPSA) is 88.0 Å². The fourth-order valence-electron chi connectivity index (χ4n) is 5.02. The summed E-state index contributed by atoms with van der Waals surface area (Å²) in [6.07, 6.45) is 4.30. The van der Waals surface area contributed by atoms with Gasteiger partial charge in [0, 0.05) is 68.3 Å². The molecule has 1 unspecified atom stereocenters. The molecule has 5 rings (SSSR count). The lowest BCUT2D eigenvalue weighted by molar-refractivity contribution is -0.144. The fraction of sp³-hybridized carbons (Fsp3) is 0.737. The minimum atomic E-state index is 0.0607. The van der Waals surface area contributed by atoms with Gasteiger partial charge in [0.1, 0.15) is 0 Å². The van der Waals surface area contributed by atoms with Gasteiger partial charge in [-0.05, 0) is 25.7 Å². The number of rotatable bonds is 3. The highest BCUT2D eigenvalue weighted by Crippen LogP contribution is 2.53. The van der Waals surface area contributed by atoms with Gasteiger partial charge < -0.3 is 15.1 Å². The highest BCUT2D eigenvalue weighted by molar-refractivity contribution is 5.80. The molecule has 1 atom stereocenters. The molecule has 7 heteroatoms. The summed E-state index contributed by atoms with van der Waals surface area (Å²) in [6.45, 7) is 4.91. The zero-order chi connectivity index (χ0) is 17.7. The summed E-state index contributed by atoms with van der Waals surface area (Å²) in [7, 11) is 0. The summed E-state index contributed by atoms with van der Waals surface area (Å²) in [4.78, 5) is 17.1. The molecule has 1 aromatic heterocycles. The molecular weight excluding hydrogens is 328 g/mol. The van der Waals surface area contributed by atoms with E-state index in [1.54, 1.807) is 0 Å². The van der Waals surface area contributed by atoms with Crippen LogP contribution in [0.5, 0.6) is 0 Å². The first-order valence-corrected chi connectivity index (χ1v) is 9.88. The van der Waals surface area contributed by atoms with E-state index in [9.17, 15) is 10.1 Å². The summed E-state index contributed by atoms with van der Waals surface area (Å²) >= 11 is 0. The Hall–Kier alpha value is -2.07. The Labute approximate surface area is 153 Å². The van der Waals surface area contributed by atoms with E-state index in [2.05, 4.69) is 32.5 Å². The number of amides is 1. The lowest BCUT2D eigenvalue weighted by Crippen LogP contribution is -2.55. The Morgan fingerprint density at radius 3 is 2.73 bits per heavy atom. The third kappa shape index (κ3) is 2.59. The van der Waals surface area contributed by atoms with Crippen LogP contribution < -0.4 is 10.2 Å². The van der Waals surface area contributed by atoms with Gasteiger partial charge in [0.25, 0.3) is 0 Å². The van der Waals surface area contributed by atoms with Crippen LogP contribution >= 0.6 is 0 Å². The number of hydrogen-bond acceptors (Lipinski definition) is 5. The molecule has 4 fully saturated rings. The van der Waals surface area contributed by atoms with Crippen molar-refractivity contribution in [3.8, 4) is 6.07 Å². The van der Waals surface area contributed by atoms with Crippen LogP contribution in [0.25, 0.3) is 0 Å². The molecular formula is C19H26N6O. The average Bonchev–Trinajstić information content (AvgIpc) is 3.21. The van der Waals surface area contributed by atoms with Crippen LogP contribution in [-0.2, 0) is 4.79 Å². The number of nitrogens with zero attached hydrogens (tertiary/aromatic N) is 4. The van der Waals surface area contributed by atoms with Crippen LogP contribution in [0.2, 0.25) is 0 Å². The number of nitriles is 1. The molecule has 138 valence electrons. The van der Waals surface area contributed by atoms with Crippen molar-refractivity contribution in [2.24, 2.45) is 17.3 Å². The molecule has 2 N–H and O–H groups in total. The summed E-state index contributed by atoms with van der Waals surface area (Å²) < 4.78 is 0. The number of aromatic nitrogens is 2. The van der Waals surface area contributed by atoms with E-state index in [0.717, 1.165) is 57.9 Å². The number of piperazine rings is 1. The molecule has 0 radical (unpaired) electrons. The monoisotopic (exact) mass is 354 g/mol. The molecule has 7 nitrogen and oxygen atoms in total. The lowest BCUT2D eigenvalue weighted by atomic mass is 9.57. The average molecular weight is 354 g/mol. The Bertz CT molecular complexity index is 733. The van der Waals surface area contributed by atoms with Crippen molar-refractivity contribution in [3.63, 3.8) is 0 Å². The molecule has 4 aliphatic rings. The molecule has 1 aromatic rings. The molecule has 0 aromatic carbocycles. The molecule has 1 spiro atoms. The number of hydrogen-bond donors (Lipinski definition) is 2. The summed E-state index contributed by atoms with van der Waals surface area (Å²) in [5.74, 6) is 2.19. The second-order valence-corrected chi connectivity index (χ2v) is 8.55. The lowest BCUT2D eigenvalue weighted by Gasteiger charge is -2.48. The normalized spacial score (nSPS) is 34.0. The number of aromatic amines is 1. The zero-order valence-electron chi connectivity index (χ0n) is 15.1. The van der Waals surface area contributed by atoms with Crippen molar-refractivity contribution in [1.82, 2.24) is 20.4 Å². The third-order valence-electron chi connectivity index (χ3n) is 6.89. The van der Waals surface area contributed by atoms with E-state index in [1.165, 1.54) is 18.5 Å². The number of nitrogens with one attached hydrogen (secondary N) is 2. The molecule has 2 saturated carbocycles. The van der Waals surface area contributed by atoms with Crippen molar-refractivity contribution in [3.05, 3.63) is 11.8 Å². The predicted molar refractivity (Wildman–Crippen MR) is 96.5 cm³/mol. The van der Waals surface area contributed by atoms with Gasteiger partial charge in [0.05, 0.1) is 12.0 Å². The smallest absolute Gasteiger partial charge is 0.225 e. The highest BCUT2D eigenvalue weighted by Gasteiger charge is 2.55. The predicted octanol–water partition coefficient (Wildman–Crippen LogP) is 1.08. The SMILES string of the molecule is N#CC1CNCC12CC(C(=O)N1CCN(c3cc(C4CC4)[nH]n3)CC1)C2. The van der Waals surface area contributed by atoms with Gasteiger partial charge >= 0.3 is 0 Å². The molecule has 26 heavy (non-hydrogen) atoms. The fourth-order valence-corrected chi connectivity index (χ4v) is 5.02. The first-order valence-electron chi connectivity index (χ1n) is 9.88. The Morgan fingerprint density at radius 2 is 2.04 bits per heavy atom. The van der Waals surface area contributed by atoms with E-state index >= 15 is 0 Å². The summed E-state index contributed by atoms with van der Waals surface area (Å²) in [6, 6.07) is 4.61. The van der Waals surface area contributed by atoms with Crippen molar-refractivity contribution in [2.75, 3.05) is 44.2 Å². The van der Waals surface area contributed by atoms with Crippen LogP contribution in [0.1, 0.15) is 37.3 Å². The van der Waals surface area contributed by atoms with E-state index < -0.39 is 0 Å². The second-order valence-electron chi connectivity index (χ2n) is 8.55. The zero-order valence-corrected chi connectivity index (χ0v) is 15.1. The van der Waals surface area contributed by atoms with Gasteiger partial charge in [0.15, 0.2) is 5.82 Å².